The first-order valence-corrected chi connectivity index (χ1v) is 6.55. The maximum atomic E-state index is 9.22. The Morgan fingerprint density at radius 2 is 2.33 bits per heavy atom. The van der Waals surface area contributed by atoms with Gasteiger partial charge in [-0.3, -0.25) is 0 Å². The maximum absolute atomic E-state index is 9.22. The minimum atomic E-state index is -0.118. The van der Waals surface area contributed by atoms with Crippen LogP contribution in [-0.2, 0) is 0 Å². The van der Waals surface area contributed by atoms with Crippen LogP contribution in [0.2, 0.25) is 0 Å². The summed E-state index contributed by atoms with van der Waals surface area (Å²) in [5, 5.41) is 26.2. The van der Waals surface area contributed by atoms with Crippen molar-refractivity contribution in [2.24, 2.45) is 0 Å². The maximum Gasteiger partial charge on any atom is 0.196 e. The SMILES string of the molecule is CSc1cccc(NC(C)c2nn[nH]n2)c1C#N. The van der Waals surface area contributed by atoms with Crippen LogP contribution in [0, 0.1) is 11.3 Å². The molecule has 2 rings (SSSR count). The van der Waals surface area contributed by atoms with Gasteiger partial charge in [0, 0.05) is 4.90 Å². The molecule has 2 aromatic rings. The third-order valence-electron chi connectivity index (χ3n) is 2.48. The summed E-state index contributed by atoms with van der Waals surface area (Å²) in [4.78, 5) is 0.947. The zero-order valence-corrected chi connectivity index (χ0v) is 10.8. The number of hydrogen-bond donors (Lipinski definition) is 2. The molecule has 18 heavy (non-hydrogen) atoms. The summed E-state index contributed by atoms with van der Waals surface area (Å²) in [6.07, 6.45) is 1.95. The number of tetrazole rings is 1. The lowest BCUT2D eigenvalue weighted by Gasteiger charge is -2.14. The van der Waals surface area contributed by atoms with E-state index in [1.54, 1.807) is 11.8 Å². The van der Waals surface area contributed by atoms with Gasteiger partial charge in [-0.25, -0.2) is 0 Å². The van der Waals surface area contributed by atoms with Gasteiger partial charge in [0.15, 0.2) is 5.82 Å². The summed E-state index contributed by atoms with van der Waals surface area (Å²) >= 11 is 1.55. The molecule has 6 nitrogen and oxygen atoms in total. The second-order valence-electron chi connectivity index (χ2n) is 3.63. The number of thioether (sulfide) groups is 1. The van der Waals surface area contributed by atoms with Crippen molar-refractivity contribution < 1.29 is 0 Å². The molecular weight excluding hydrogens is 248 g/mol. The van der Waals surface area contributed by atoms with E-state index in [0.29, 0.717) is 11.4 Å². The van der Waals surface area contributed by atoms with Crippen LogP contribution in [0.1, 0.15) is 24.4 Å². The monoisotopic (exact) mass is 260 g/mol. The van der Waals surface area contributed by atoms with Gasteiger partial charge < -0.3 is 5.32 Å². The van der Waals surface area contributed by atoms with E-state index in [0.717, 1.165) is 10.6 Å². The van der Waals surface area contributed by atoms with E-state index in [9.17, 15) is 5.26 Å². The number of rotatable bonds is 4. The van der Waals surface area contributed by atoms with Crippen LogP contribution < -0.4 is 5.32 Å². The first-order valence-electron chi connectivity index (χ1n) is 5.33. The second kappa shape index (κ2) is 5.51. The van der Waals surface area contributed by atoms with Crippen LogP contribution >= 0.6 is 11.8 Å². The van der Waals surface area contributed by atoms with Crippen molar-refractivity contribution in [3.63, 3.8) is 0 Å². The lowest BCUT2D eigenvalue weighted by atomic mass is 10.1. The Labute approximate surface area is 109 Å². The molecular formula is C11H12N6S. The molecule has 0 amide bonds. The zero-order valence-electron chi connectivity index (χ0n) is 10.0. The van der Waals surface area contributed by atoms with Crippen LogP contribution in [0.4, 0.5) is 5.69 Å². The normalized spacial score (nSPS) is 11.8. The topological polar surface area (TPSA) is 90.3 Å². The van der Waals surface area contributed by atoms with Crippen LogP contribution in [-0.4, -0.2) is 26.9 Å². The molecule has 0 aliphatic heterocycles. The van der Waals surface area contributed by atoms with Gasteiger partial charge >= 0.3 is 0 Å². The third kappa shape index (κ3) is 2.43. The van der Waals surface area contributed by atoms with Crippen molar-refractivity contribution in [3.8, 4) is 6.07 Å². The van der Waals surface area contributed by atoms with Gasteiger partial charge in [-0.1, -0.05) is 11.3 Å². The number of nitrogens with one attached hydrogen (secondary N) is 2. The average molecular weight is 260 g/mol. The molecule has 0 fully saturated rings. The molecule has 1 aromatic heterocycles. The average Bonchev–Trinajstić information content (AvgIpc) is 2.92. The Kier molecular flexibility index (Phi) is 3.79. The van der Waals surface area contributed by atoms with Crippen molar-refractivity contribution in [2.75, 3.05) is 11.6 Å². The van der Waals surface area contributed by atoms with Crippen molar-refractivity contribution in [1.82, 2.24) is 20.6 Å². The summed E-state index contributed by atoms with van der Waals surface area (Å²) in [5.41, 5.74) is 1.42. The van der Waals surface area contributed by atoms with Crippen LogP contribution in [0.5, 0.6) is 0 Å². The predicted molar refractivity (Wildman–Crippen MR) is 69.2 cm³/mol. The molecule has 0 radical (unpaired) electrons. The first-order chi connectivity index (χ1) is 8.76. The van der Waals surface area contributed by atoms with E-state index in [1.165, 1.54) is 0 Å². The smallest absolute Gasteiger partial charge is 0.196 e. The van der Waals surface area contributed by atoms with Gasteiger partial charge in [-0.15, -0.1) is 22.0 Å². The van der Waals surface area contributed by atoms with Gasteiger partial charge in [0.25, 0.3) is 0 Å². The Bertz CT molecular complexity index is 559. The number of aromatic amines is 1. The Hall–Kier alpha value is -2.07. The molecule has 1 atom stereocenters. The molecule has 0 saturated carbocycles. The van der Waals surface area contributed by atoms with Crippen molar-refractivity contribution in [2.45, 2.75) is 17.9 Å². The largest absolute Gasteiger partial charge is 0.374 e. The van der Waals surface area contributed by atoms with Crippen molar-refractivity contribution >= 4 is 17.4 Å². The number of hydrogen-bond acceptors (Lipinski definition) is 6. The van der Waals surface area contributed by atoms with Gasteiger partial charge in [0.1, 0.15) is 6.07 Å². The lowest BCUT2D eigenvalue weighted by Crippen LogP contribution is -2.10. The fourth-order valence-corrected chi connectivity index (χ4v) is 2.16. The standard InChI is InChI=1S/C11H12N6S/c1-7(11-14-16-17-15-11)13-9-4-3-5-10(18-2)8(9)6-12/h3-5,7,13H,1-2H3,(H,14,15,16,17). The number of H-pyrrole nitrogens is 1. The fourth-order valence-electron chi connectivity index (χ4n) is 1.59. The van der Waals surface area contributed by atoms with Crippen molar-refractivity contribution in [1.29, 1.82) is 5.26 Å². The number of nitriles is 1. The van der Waals surface area contributed by atoms with Crippen LogP contribution in [0.25, 0.3) is 0 Å². The summed E-state index contributed by atoms with van der Waals surface area (Å²) in [6.45, 7) is 1.91. The molecule has 1 heterocycles. The minimum Gasteiger partial charge on any atom is -0.374 e. The number of benzene rings is 1. The summed E-state index contributed by atoms with van der Waals surface area (Å²) in [7, 11) is 0. The Balaban J connectivity index is 2.27. The molecule has 92 valence electrons. The summed E-state index contributed by atoms with van der Waals surface area (Å²) in [6, 6.07) is 7.81. The Morgan fingerprint density at radius 1 is 1.50 bits per heavy atom. The van der Waals surface area contributed by atoms with Gasteiger partial charge in [0.05, 0.1) is 17.3 Å². The van der Waals surface area contributed by atoms with Gasteiger partial charge in [-0.05, 0) is 25.3 Å². The molecule has 0 aliphatic carbocycles. The highest BCUT2D eigenvalue weighted by molar-refractivity contribution is 7.98. The fraction of sp³-hybridized carbons (Fsp3) is 0.273. The molecule has 0 bridgehead atoms. The highest BCUT2D eigenvalue weighted by Gasteiger charge is 2.13. The first kappa shape index (κ1) is 12.4. The number of anilines is 1. The molecule has 0 saturated heterocycles. The second-order valence-corrected chi connectivity index (χ2v) is 4.48. The van der Waals surface area contributed by atoms with Gasteiger partial charge in [-0.2, -0.15) is 10.5 Å². The van der Waals surface area contributed by atoms with E-state index in [2.05, 4.69) is 32.0 Å². The highest BCUT2D eigenvalue weighted by Crippen LogP contribution is 2.28. The predicted octanol–water partition coefficient (Wildman–Crippen LogP) is 1.97. The molecule has 0 spiro atoms. The summed E-state index contributed by atoms with van der Waals surface area (Å²) in [5.74, 6) is 0.563. The summed E-state index contributed by atoms with van der Waals surface area (Å²) < 4.78 is 0. The van der Waals surface area contributed by atoms with Gasteiger partial charge in [0.2, 0.25) is 0 Å². The molecule has 1 aromatic carbocycles. The number of nitrogens with zero attached hydrogens (tertiary/aromatic N) is 4. The van der Waals surface area contributed by atoms with E-state index in [-0.39, 0.29) is 6.04 Å². The highest BCUT2D eigenvalue weighted by atomic mass is 32.2. The quantitative estimate of drug-likeness (QED) is 0.817. The molecule has 2 N–H and O–H groups in total. The zero-order chi connectivity index (χ0) is 13.0. The van der Waals surface area contributed by atoms with E-state index in [1.807, 2.05) is 31.4 Å². The van der Waals surface area contributed by atoms with E-state index < -0.39 is 0 Å². The Morgan fingerprint density at radius 3 is 2.94 bits per heavy atom. The minimum absolute atomic E-state index is 0.118. The van der Waals surface area contributed by atoms with Crippen molar-refractivity contribution in [3.05, 3.63) is 29.6 Å². The third-order valence-corrected chi connectivity index (χ3v) is 3.26. The van der Waals surface area contributed by atoms with E-state index >= 15 is 0 Å². The molecule has 1 unspecified atom stereocenters. The van der Waals surface area contributed by atoms with E-state index in [4.69, 9.17) is 0 Å². The number of aromatic nitrogens is 4. The van der Waals surface area contributed by atoms with Crippen LogP contribution in [0.15, 0.2) is 23.1 Å². The molecule has 7 heteroatoms. The molecule has 0 aliphatic rings. The lowest BCUT2D eigenvalue weighted by molar-refractivity contribution is 0.792. The van der Waals surface area contributed by atoms with Crippen LogP contribution in [0.3, 0.4) is 0 Å².